The predicted octanol–water partition coefficient (Wildman–Crippen LogP) is 4.15. The van der Waals surface area contributed by atoms with Crippen LogP contribution in [0.5, 0.6) is 5.75 Å². The number of nitrogens with zero attached hydrogens (tertiary/aromatic N) is 1. The molecule has 0 bridgehead atoms. The molecule has 0 saturated heterocycles. The van der Waals surface area contributed by atoms with Gasteiger partial charge in [-0.3, -0.25) is 0 Å². The summed E-state index contributed by atoms with van der Waals surface area (Å²) in [6.07, 6.45) is 0. The van der Waals surface area contributed by atoms with E-state index in [0.717, 1.165) is 6.07 Å². The highest BCUT2D eigenvalue weighted by atomic mass is 35.5. The fourth-order valence-electron chi connectivity index (χ4n) is 1.75. The van der Waals surface area contributed by atoms with Crippen LogP contribution in [0, 0.1) is 23.0 Å². The monoisotopic (exact) mass is 293 g/mol. The van der Waals surface area contributed by atoms with E-state index < -0.39 is 11.6 Å². The maximum atomic E-state index is 13.3. The summed E-state index contributed by atoms with van der Waals surface area (Å²) in [7, 11) is 0. The van der Waals surface area contributed by atoms with Crippen LogP contribution >= 0.6 is 11.6 Å². The molecule has 0 spiro atoms. The summed E-state index contributed by atoms with van der Waals surface area (Å²) in [5, 5.41) is 8.77. The molecule has 102 valence electrons. The quantitative estimate of drug-likeness (QED) is 0.793. The van der Waals surface area contributed by atoms with Crippen molar-refractivity contribution >= 4 is 11.6 Å². The van der Waals surface area contributed by atoms with Gasteiger partial charge in [-0.2, -0.15) is 5.26 Å². The molecule has 0 aliphatic carbocycles. The zero-order chi connectivity index (χ0) is 14.5. The third kappa shape index (κ3) is 3.46. The van der Waals surface area contributed by atoms with E-state index in [9.17, 15) is 8.78 Å². The van der Waals surface area contributed by atoms with Crippen LogP contribution in [0.2, 0.25) is 0 Å². The summed E-state index contributed by atoms with van der Waals surface area (Å²) >= 11 is 5.71. The molecule has 0 N–H and O–H groups in total. The highest BCUT2D eigenvalue weighted by molar-refractivity contribution is 6.17. The Balaban J connectivity index is 2.17. The highest BCUT2D eigenvalue weighted by Gasteiger charge is 2.06. The summed E-state index contributed by atoms with van der Waals surface area (Å²) in [5.41, 5.74) is 1.26. The lowest BCUT2D eigenvalue weighted by atomic mass is 10.1. The van der Waals surface area contributed by atoms with Crippen LogP contribution in [0.1, 0.15) is 16.7 Å². The molecule has 0 aromatic heterocycles. The van der Waals surface area contributed by atoms with Gasteiger partial charge in [-0.1, -0.05) is 0 Å². The molecule has 0 fully saturated rings. The minimum absolute atomic E-state index is 0.0714. The van der Waals surface area contributed by atoms with Crippen LogP contribution in [0.25, 0.3) is 0 Å². The van der Waals surface area contributed by atoms with Crippen LogP contribution in [0.15, 0.2) is 36.4 Å². The summed E-state index contributed by atoms with van der Waals surface area (Å²) < 4.78 is 31.8. The molecule has 2 rings (SSSR count). The van der Waals surface area contributed by atoms with E-state index in [1.807, 2.05) is 6.07 Å². The number of alkyl halides is 1. The van der Waals surface area contributed by atoms with Crippen molar-refractivity contribution in [3.63, 3.8) is 0 Å². The molecule has 0 amide bonds. The van der Waals surface area contributed by atoms with Gasteiger partial charge in [-0.05, 0) is 42.0 Å². The van der Waals surface area contributed by atoms with E-state index in [1.54, 1.807) is 0 Å². The molecule has 0 atom stereocenters. The van der Waals surface area contributed by atoms with Crippen LogP contribution in [-0.2, 0) is 12.5 Å². The van der Waals surface area contributed by atoms with Crippen molar-refractivity contribution in [2.24, 2.45) is 0 Å². The fraction of sp³-hybridized carbons (Fsp3) is 0.133. The maximum Gasteiger partial charge on any atom is 0.124 e. The van der Waals surface area contributed by atoms with Crippen molar-refractivity contribution in [2.75, 3.05) is 0 Å². The summed E-state index contributed by atoms with van der Waals surface area (Å²) in [6, 6.07) is 9.85. The Morgan fingerprint density at radius 3 is 2.60 bits per heavy atom. The van der Waals surface area contributed by atoms with Crippen LogP contribution in [0.3, 0.4) is 0 Å². The van der Waals surface area contributed by atoms with Gasteiger partial charge in [0.2, 0.25) is 0 Å². The van der Waals surface area contributed by atoms with Crippen molar-refractivity contribution in [1.82, 2.24) is 0 Å². The van der Waals surface area contributed by atoms with Gasteiger partial charge in [0.25, 0.3) is 0 Å². The lowest BCUT2D eigenvalue weighted by Crippen LogP contribution is -1.99. The van der Waals surface area contributed by atoms with Crippen molar-refractivity contribution in [3.8, 4) is 11.8 Å². The van der Waals surface area contributed by atoms with Crippen LogP contribution in [0.4, 0.5) is 8.78 Å². The Morgan fingerprint density at radius 2 is 1.90 bits per heavy atom. The molecule has 0 saturated carbocycles. The molecular formula is C15H10ClF2NO. The van der Waals surface area contributed by atoms with Gasteiger partial charge >= 0.3 is 0 Å². The average molecular weight is 294 g/mol. The normalized spacial score (nSPS) is 10.1. The molecule has 0 radical (unpaired) electrons. The number of ether oxygens (including phenoxy) is 1. The minimum Gasteiger partial charge on any atom is -0.489 e. The highest BCUT2D eigenvalue weighted by Crippen LogP contribution is 2.23. The molecule has 0 heterocycles. The molecule has 20 heavy (non-hydrogen) atoms. The zero-order valence-corrected chi connectivity index (χ0v) is 11.1. The predicted molar refractivity (Wildman–Crippen MR) is 71.4 cm³/mol. The number of rotatable bonds is 4. The second-order valence-corrected chi connectivity index (χ2v) is 4.40. The van der Waals surface area contributed by atoms with E-state index in [0.29, 0.717) is 16.9 Å². The summed E-state index contributed by atoms with van der Waals surface area (Å²) in [5.74, 6) is -0.353. The lowest BCUT2D eigenvalue weighted by Gasteiger charge is -2.10. The Bertz CT molecular complexity index is 667. The molecule has 0 aliphatic rings. The third-order valence-corrected chi connectivity index (χ3v) is 2.94. The first kappa shape index (κ1) is 14.3. The van der Waals surface area contributed by atoms with Crippen LogP contribution in [-0.4, -0.2) is 0 Å². The first-order valence-electron chi connectivity index (χ1n) is 5.79. The number of benzene rings is 2. The Kier molecular flexibility index (Phi) is 4.54. The maximum absolute atomic E-state index is 13.3. The molecule has 0 aliphatic heterocycles. The van der Waals surface area contributed by atoms with Crippen LogP contribution < -0.4 is 4.74 Å². The van der Waals surface area contributed by atoms with Crippen molar-refractivity contribution in [2.45, 2.75) is 12.5 Å². The SMILES string of the molecule is N#Cc1cc(F)cc(COc2ccc(F)cc2CCl)c1. The number of halogens is 3. The Morgan fingerprint density at radius 1 is 1.10 bits per heavy atom. The first-order chi connectivity index (χ1) is 9.62. The molecule has 2 aromatic rings. The van der Waals surface area contributed by atoms with Gasteiger partial charge in [0.05, 0.1) is 17.5 Å². The smallest absolute Gasteiger partial charge is 0.124 e. The van der Waals surface area contributed by atoms with Gasteiger partial charge in [0.15, 0.2) is 0 Å². The molecule has 0 unspecified atom stereocenters. The minimum atomic E-state index is -0.501. The van der Waals surface area contributed by atoms with E-state index in [4.69, 9.17) is 21.6 Å². The topological polar surface area (TPSA) is 33.0 Å². The molecule has 5 heteroatoms. The molecule has 2 aromatic carbocycles. The fourth-order valence-corrected chi connectivity index (χ4v) is 1.96. The largest absolute Gasteiger partial charge is 0.489 e. The average Bonchev–Trinajstić information content (AvgIpc) is 2.45. The number of hydrogen-bond acceptors (Lipinski definition) is 2. The van der Waals surface area contributed by atoms with Crippen molar-refractivity contribution < 1.29 is 13.5 Å². The number of hydrogen-bond donors (Lipinski definition) is 0. The summed E-state index contributed by atoms with van der Waals surface area (Å²) in [4.78, 5) is 0. The van der Waals surface area contributed by atoms with Crippen molar-refractivity contribution in [1.29, 1.82) is 5.26 Å². The second-order valence-electron chi connectivity index (χ2n) is 4.13. The van der Waals surface area contributed by atoms with E-state index in [1.165, 1.54) is 30.3 Å². The first-order valence-corrected chi connectivity index (χ1v) is 6.32. The van der Waals surface area contributed by atoms with Gasteiger partial charge in [-0.15, -0.1) is 11.6 Å². The second kappa shape index (κ2) is 6.36. The van der Waals surface area contributed by atoms with Gasteiger partial charge < -0.3 is 4.74 Å². The van der Waals surface area contributed by atoms with Gasteiger partial charge in [0, 0.05) is 5.56 Å². The third-order valence-electron chi connectivity index (χ3n) is 2.65. The van der Waals surface area contributed by atoms with E-state index in [2.05, 4.69) is 0 Å². The molecule has 2 nitrogen and oxygen atoms in total. The van der Waals surface area contributed by atoms with Gasteiger partial charge in [0.1, 0.15) is 24.0 Å². The van der Waals surface area contributed by atoms with Crippen molar-refractivity contribution in [3.05, 3.63) is 64.7 Å². The van der Waals surface area contributed by atoms with E-state index in [-0.39, 0.29) is 18.1 Å². The Hall–Kier alpha value is -2.12. The lowest BCUT2D eigenvalue weighted by molar-refractivity contribution is 0.302. The Labute approximate surface area is 120 Å². The summed E-state index contributed by atoms with van der Waals surface area (Å²) in [6.45, 7) is 0.0714. The molecular weight excluding hydrogens is 284 g/mol. The number of nitriles is 1. The van der Waals surface area contributed by atoms with E-state index >= 15 is 0 Å². The zero-order valence-electron chi connectivity index (χ0n) is 10.4. The van der Waals surface area contributed by atoms with Gasteiger partial charge in [-0.25, -0.2) is 8.78 Å². The standard InChI is InChI=1S/C15H10ClF2NO/c16-7-12-6-13(17)1-2-15(12)20-9-11-3-10(8-19)4-14(18)5-11/h1-6H,7,9H2.